The quantitative estimate of drug-likeness (QED) is 0.622. The van der Waals surface area contributed by atoms with Gasteiger partial charge in [0.25, 0.3) is 5.91 Å². The van der Waals surface area contributed by atoms with Crippen LogP contribution in [0.15, 0.2) is 61.1 Å². The normalized spacial score (nSPS) is 10.1. The molecular weight excluding hydrogens is 344 g/mol. The molecule has 0 atom stereocenters. The van der Waals surface area contributed by atoms with Crippen LogP contribution in [0.1, 0.15) is 23.1 Å². The van der Waals surface area contributed by atoms with Gasteiger partial charge in [0, 0.05) is 30.6 Å². The highest BCUT2D eigenvalue weighted by Crippen LogP contribution is 2.16. The summed E-state index contributed by atoms with van der Waals surface area (Å²) in [6.45, 7) is 1.91. The van der Waals surface area contributed by atoms with Gasteiger partial charge in [-0.1, -0.05) is 12.1 Å². The molecule has 0 aliphatic heterocycles. The van der Waals surface area contributed by atoms with Gasteiger partial charge in [0.2, 0.25) is 5.91 Å². The summed E-state index contributed by atoms with van der Waals surface area (Å²) in [5.74, 6) is -0.0380. The Morgan fingerprint density at radius 1 is 0.926 bits per heavy atom. The molecule has 2 amide bonds. The molecule has 0 aliphatic rings. The Morgan fingerprint density at radius 3 is 2.48 bits per heavy atom. The van der Waals surface area contributed by atoms with Crippen molar-refractivity contribution in [3.8, 4) is 0 Å². The molecule has 0 spiro atoms. The average molecular weight is 362 g/mol. The molecular formula is C19H18N6O2. The van der Waals surface area contributed by atoms with Gasteiger partial charge in [0.1, 0.15) is 17.8 Å². The average Bonchev–Trinajstić information content (AvgIpc) is 2.67. The van der Waals surface area contributed by atoms with E-state index < -0.39 is 0 Å². The molecule has 8 nitrogen and oxygen atoms in total. The van der Waals surface area contributed by atoms with Gasteiger partial charge in [-0.15, -0.1) is 0 Å². The predicted molar refractivity (Wildman–Crippen MR) is 102 cm³/mol. The van der Waals surface area contributed by atoms with E-state index in [1.54, 1.807) is 36.5 Å². The number of carbonyl (C=O) groups is 2. The fourth-order valence-electron chi connectivity index (χ4n) is 2.34. The minimum absolute atomic E-state index is 0.183. The van der Waals surface area contributed by atoms with Crippen LogP contribution in [0.5, 0.6) is 0 Å². The Morgan fingerprint density at radius 2 is 1.74 bits per heavy atom. The number of aromatic nitrogens is 3. The zero-order valence-electron chi connectivity index (χ0n) is 14.6. The second-order valence-corrected chi connectivity index (χ2v) is 5.68. The third-order valence-electron chi connectivity index (χ3n) is 3.52. The topological polar surface area (TPSA) is 109 Å². The molecule has 3 N–H and O–H groups in total. The maximum absolute atomic E-state index is 12.4. The number of carbonyl (C=O) groups excluding carboxylic acids is 2. The summed E-state index contributed by atoms with van der Waals surface area (Å²) in [4.78, 5) is 35.9. The fraction of sp³-hybridized carbons (Fsp3) is 0.105. The van der Waals surface area contributed by atoms with Crippen molar-refractivity contribution in [2.75, 3.05) is 16.0 Å². The number of hydrogen-bond donors (Lipinski definition) is 3. The van der Waals surface area contributed by atoms with Gasteiger partial charge in [0.05, 0.1) is 12.2 Å². The van der Waals surface area contributed by atoms with E-state index in [0.717, 1.165) is 5.69 Å². The summed E-state index contributed by atoms with van der Waals surface area (Å²) in [6, 6.07) is 14.1. The van der Waals surface area contributed by atoms with Crippen molar-refractivity contribution >= 4 is 29.0 Å². The van der Waals surface area contributed by atoms with Crippen LogP contribution < -0.4 is 16.0 Å². The third-order valence-corrected chi connectivity index (χ3v) is 3.52. The lowest BCUT2D eigenvalue weighted by molar-refractivity contribution is -0.114. The Bertz CT molecular complexity index is 946. The van der Waals surface area contributed by atoms with Gasteiger partial charge in [-0.3, -0.25) is 14.6 Å². The van der Waals surface area contributed by atoms with Gasteiger partial charge < -0.3 is 16.0 Å². The Balaban J connectivity index is 1.65. The van der Waals surface area contributed by atoms with E-state index in [-0.39, 0.29) is 17.5 Å². The molecule has 0 bridgehead atoms. The lowest BCUT2D eigenvalue weighted by atomic mass is 10.2. The van der Waals surface area contributed by atoms with Crippen molar-refractivity contribution in [2.45, 2.75) is 13.5 Å². The fourth-order valence-corrected chi connectivity index (χ4v) is 2.34. The smallest absolute Gasteiger partial charge is 0.274 e. The molecule has 2 aromatic heterocycles. The summed E-state index contributed by atoms with van der Waals surface area (Å²) in [6.07, 6.45) is 3.04. The van der Waals surface area contributed by atoms with Gasteiger partial charge in [-0.2, -0.15) is 0 Å². The second-order valence-electron chi connectivity index (χ2n) is 5.68. The van der Waals surface area contributed by atoms with Gasteiger partial charge >= 0.3 is 0 Å². The third kappa shape index (κ3) is 5.33. The minimum atomic E-state index is -0.377. The zero-order chi connectivity index (χ0) is 19.1. The maximum atomic E-state index is 12.4. The van der Waals surface area contributed by atoms with Crippen LogP contribution in [0.3, 0.4) is 0 Å². The van der Waals surface area contributed by atoms with Crippen molar-refractivity contribution in [3.63, 3.8) is 0 Å². The molecule has 136 valence electrons. The van der Waals surface area contributed by atoms with E-state index >= 15 is 0 Å². The lowest BCUT2D eigenvalue weighted by Crippen LogP contribution is -2.15. The molecule has 3 aromatic rings. The van der Waals surface area contributed by atoms with Crippen molar-refractivity contribution in [1.82, 2.24) is 15.0 Å². The number of pyridine rings is 1. The van der Waals surface area contributed by atoms with Crippen LogP contribution in [0.2, 0.25) is 0 Å². The summed E-state index contributed by atoms with van der Waals surface area (Å²) in [7, 11) is 0. The highest BCUT2D eigenvalue weighted by molar-refractivity contribution is 6.03. The molecule has 27 heavy (non-hydrogen) atoms. The largest absolute Gasteiger partial charge is 0.364 e. The number of benzene rings is 1. The highest BCUT2D eigenvalue weighted by Gasteiger charge is 2.10. The van der Waals surface area contributed by atoms with Gasteiger partial charge in [-0.25, -0.2) is 9.97 Å². The molecule has 8 heteroatoms. The molecule has 0 unspecified atom stereocenters. The number of anilines is 3. The van der Waals surface area contributed by atoms with Crippen molar-refractivity contribution in [1.29, 1.82) is 0 Å². The van der Waals surface area contributed by atoms with Gasteiger partial charge in [-0.05, 0) is 30.3 Å². The summed E-state index contributed by atoms with van der Waals surface area (Å²) >= 11 is 0. The van der Waals surface area contributed by atoms with E-state index in [1.165, 1.54) is 13.3 Å². The van der Waals surface area contributed by atoms with E-state index in [9.17, 15) is 9.59 Å². The molecule has 0 saturated carbocycles. The summed E-state index contributed by atoms with van der Waals surface area (Å²) in [5, 5.41) is 8.53. The molecule has 0 aliphatic carbocycles. The first-order chi connectivity index (χ1) is 13.1. The number of hydrogen-bond acceptors (Lipinski definition) is 6. The number of rotatable bonds is 6. The zero-order valence-corrected chi connectivity index (χ0v) is 14.6. The van der Waals surface area contributed by atoms with Crippen LogP contribution in [0.25, 0.3) is 0 Å². The summed E-state index contributed by atoms with van der Waals surface area (Å²) < 4.78 is 0. The first-order valence-corrected chi connectivity index (χ1v) is 8.25. The minimum Gasteiger partial charge on any atom is -0.364 e. The number of amides is 2. The molecule has 0 saturated heterocycles. The number of nitrogens with zero attached hydrogens (tertiary/aromatic N) is 3. The molecule has 2 heterocycles. The first-order valence-electron chi connectivity index (χ1n) is 8.25. The summed E-state index contributed by atoms with van der Waals surface area (Å²) in [5.41, 5.74) is 2.23. The van der Waals surface area contributed by atoms with E-state index in [1.807, 2.05) is 18.2 Å². The maximum Gasteiger partial charge on any atom is 0.274 e. The Hall–Kier alpha value is -3.81. The Labute approximate surface area is 156 Å². The van der Waals surface area contributed by atoms with Crippen LogP contribution >= 0.6 is 0 Å². The van der Waals surface area contributed by atoms with Crippen molar-refractivity contribution in [3.05, 3.63) is 72.4 Å². The van der Waals surface area contributed by atoms with E-state index in [0.29, 0.717) is 23.7 Å². The van der Waals surface area contributed by atoms with E-state index in [4.69, 9.17) is 0 Å². The highest BCUT2D eigenvalue weighted by atomic mass is 16.2. The van der Waals surface area contributed by atoms with Crippen molar-refractivity contribution < 1.29 is 9.59 Å². The van der Waals surface area contributed by atoms with Crippen LogP contribution in [-0.4, -0.2) is 26.8 Å². The van der Waals surface area contributed by atoms with Crippen LogP contribution in [0.4, 0.5) is 17.2 Å². The second kappa shape index (κ2) is 8.52. The molecule has 1 aromatic carbocycles. The Kier molecular flexibility index (Phi) is 5.68. The van der Waals surface area contributed by atoms with Crippen LogP contribution in [0, 0.1) is 0 Å². The SMILES string of the molecule is CC(=O)Nc1cccc(NC(=O)c2cc(NCc3ccccn3)ncn2)c1. The standard InChI is InChI=1S/C19H18N6O2/c1-13(26)24-14-6-4-7-15(9-14)25-19(27)17-10-18(23-12-22-17)21-11-16-5-2-3-8-20-16/h2-10,12H,11H2,1H3,(H,24,26)(H,25,27)(H,21,22,23). The molecule has 0 radical (unpaired) electrons. The predicted octanol–water partition coefficient (Wildman–Crippen LogP) is 2.69. The van der Waals surface area contributed by atoms with Crippen molar-refractivity contribution in [2.24, 2.45) is 0 Å². The van der Waals surface area contributed by atoms with Gasteiger partial charge in [0.15, 0.2) is 0 Å². The molecule has 0 fully saturated rings. The lowest BCUT2D eigenvalue weighted by Gasteiger charge is -2.09. The van der Waals surface area contributed by atoms with E-state index in [2.05, 4.69) is 30.9 Å². The first kappa shape index (κ1) is 18.0. The molecule has 3 rings (SSSR count). The number of nitrogens with one attached hydrogen (secondary N) is 3. The van der Waals surface area contributed by atoms with Crippen LogP contribution in [-0.2, 0) is 11.3 Å². The monoisotopic (exact) mass is 362 g/mol.